The second-order valence-electron chi connectivity index (χ2n) is 14.5. The molecule has 58 heavy (non-hydrogen) atoms. The molecular weight excluding hydrogens is 733 g/mol. The summed E-state index contributed by atoms with van der Waals surface area (Å²) in [6.45, 7) is 2.05. The fraction of sp³-hybridized carbons (Fsp3) is 0.306. The third-order valence-electron chi connectivity index (χ3n) is 10.4. The van der Waals surface area contributed by atoms with Crippen LogP contribution in [0.4, 0.5) is 0 Å². The van der Waals surface area contributed by atoms with E-state index in [1.165, 1.54) is 0 Å². The van der Waals surface area contributed by atoms with Crippen LogP contribution in [0.25, 0.3) is 0 Å². The van der Waals surface area contributed by atoms with E-state index >= 15 is 0 Å². The van der Waals surface area contributed by atoms with E-state index in [1.807, 2.05) is 140 Å². The molecule has 0 radical (unpaired) electrons. The number of hydrogen-bond acceptors (Lipinski definition) is 9. The van der Waals surface area contributed by atoms with Gasteiger partial charge in [0.1, 0.15) is 36.3 Å². The summed E-state index contributed by atoms with van der Waals surface area (Å²) in [4.78, 5) is 0. The number of ether oxygens (including phenoxy) is 9. The summed E-state index contributed by atoms with van der Waals surface area (Å²) in [5.74, 6) is 0.580. The predicted molar refractivity (Wildman–Crippen MR) is 218 cm³/mol. The Bertz CT molecular complexity index is 2020. The van der Waals surface area contributed by atoms with E-state index in [9.17, 15) is 0 Å². The SMILES string of the molecule is CO[C@H]1O[C@@H]2CO[C@H](c3ccccc3)O[C@@H]2/C(=C\C2=C[C@@H](OCc3ccccc3)[C@H](OCc3ccccc3)[C@@H](COCc3ccccc3)O2)[C@H]1OCc1ccccc1. The first kappa shape index (κ1) is 39.9. The molecule has 8 rings (SSSR count). The molecule has 9 nitrogen and oxygen atoms in total. The fourth-order valence-corrected chi connectivity index (χ4v) is 7.43. The molecule has 300 valence electrons. The highest BCUT2D eigenvalue weighted by molar-refractivity contribution is 5.32. The molecule has 0 aliphatic carbocycles. The highest BCUT2D eigenvalue weighted by Crippen LogP contribution is 2.40. The molecule has 0 unspecified atom stereocenters. The van der Waals surface area contributed by atoms with Crippen LogP contribution in [-0.4, -0.2) is 63.2 Å². The van der Waals surface area contributed by atoms with Gasteiger partial charge in [-0.25, -0.2) is 0 Å². The Morgan fingerprint density at radius 3 is 1.72 bits per heavy atom. The topological polar surface area (TPSA) is 83.1 Å². The molecule has 0 saturated carbocycles. The third kappa shape index (κ3) is 10.4. The smallest absolute Gasteiger partial charge is 0.188 e. The molecule has 3 aliphatic rings. The Labute approximate surface area is 340 Å². The van der Waals surface area contributed by atoms with Gasteiger partial charge in [-0.1, -0.05) is 152 Å². The zero-order valence-corrected chi connectivity index (χ0v) is 32.6. The Kier molecular flexibility index (Phi) is 13.9. The molecule has 2 fully saturated rings. The number of rotatable bonds is 16. The molecule has 0 N–H and O–H groups in total. The van der Waals surface area contributed by atoms with Crippen molar-refractivity contribution >= 4 is 0 Å². The second kappa shape index (κ2) is 20.2. The summed E-state index contributed by atoms with van der Waals surface area (Å²) in [5.41, 5.74) is 5.90. The van der Waals surface area contributed by atoms with Gasteiger partial charge in [-0.05, 0) is 40.0 Å². The number of methoxy groups -OCH3 is 1. The summed E-state index contributed by atoms with van der Waals surface area (Å²) >= 11 is 0. The van der Waals surface area contributed by atoms with Crippen LogP contribution in [0.3, 0.4) is 0 Å². The first-order valence-corrected chi connectivity index (χ1v) is 19.9. The van der Waals surface area contributed by atoms with Crippen molar-refractivity contribution in [2.45, 2.75) is 75.6 Å². The van der Waals surface area contributed by atoms with E-state index in [0.717, 1.165) is 33.4 Å². The van der Waals surface area contributed by atoms with Gasteiger partial charge in [0.15, 0.2) is 18.7 Å². The molecule has 3 heterocycles. The minimum absolute atomic E-state index is 0.254. The Morgan fingerprint density at radius 2 is 1.14 bits per heavy atom. The van der Waals surface area contributed by atoms with Crippen LogP contribution in [0.1, 0.15) is 34.1 Å². The van der Waals surface area contributed by atoms with Crippen molar-refractivity contribution in [3.8, 4) is 0 Å². The van der Waals surface area contributed by atoms with Crippen molar-refractivity contribution in [3.05, 3.63) is 203 Å². The summed E-state index contributed by atoms with van der Waals surface area (Å²) < 4.78 is 58.9. The van der Waals surface area contributed by atoms with E-state index in [1.54, 1.807) is 7.11 Å². The molecule has 0 amide bonds. The van der Waals surface area contributed by atoms with Crippen molar-refractivity contribution in [2.24, 2.45) is 0 Å². The molecule has 0 aromatic heterocycles. The van der Waals surface area contributed by atoms with Crippen molar-refractivity contribution in [3.63, 3.8) is 0 Å². The molecule has 0 bridgehead atoms. The molecule has 0 spiro atoms. The largest absolute Gasteiger partial charge is 0.485 e. The predicted octanol–water partition coefficient (Wildman–Crippen LogP) is 8.65. The maximum absolute atomic E-state index is 6.91. The minimum Gasteiger partial charge on any atom is -0.485 e. The first-order chi connectivity index (χ1) is 28.7. The maximum Gasteiger partial charge on any atom is 0.188 e. The summed E-state index contributed by atoms with van der Waals surface area (Å²) in [6, 6.07) is 50.3. The van der Waals surface area contributed by atoms with E-state index in [4.69, 9.17) is 42.6 Å². The van der Waals surface area contributed by atoms with Gasteiger partial charge in [0, 0.05) is 12.7 Å². The standard InChI is InChI=1S/C49H50O9/c1-50-49-46(53-31-37-21-11-4-12-22-37)41(45-44(57-49)34-55-48(58-45)39-25-15-6-16-26-39)27-40-28-42(52-30-36-19-9-3-10-20-36)47(54-32-38-23-13-5-14-24-38)43(56-40)33-51-29-35-17-7-2-8-18-35/h2-28,42-49H,29-34H2,1H3/b41-27+/t42-,43-,44-,45-,46-,47+,48+,49+/m1/s1. The fourth-order valence-electron chi connectivity index (χ4n) is 7.43. The summed E-state index contributed by atoms with van der Waals surface area (Å²) in [6.07, 6.45) is -0.528. The molecule has 2 saturated heterocycles. The van der Waals surface area contributed by atoms with Gasteiger partial charge in [-0.15, -0.1) is 0 Å². The third-order valence-corrected chi connectivity index (χ3v) is 10.4. The van der Waals surface area contributed by atoms with Crippen LogP contribution in [0.15, 0.2) is 175 Å². The van der Waals surface area contributed by atoms with Gasteiger partial charge in [-0.3, -0.25) is 0 Å². The maximum atomic E-state index is 6.91. The quantitative estimate of drug-likeness (QED) is 0.0977. The molecule has 3 aliphatic heterocycles. The van der Waals surface area contributed by atoms with Gasteiger partial charge in [0.2, 0.25) is 0 Å². The normalized spacial score (nSPS) is 26.4. The van der Waals surface area contributed by atoms with Crippen LogP contribution < -0.4 is 0 Å². The van der Waals surface area contributed by atoms with Gasteiger partial charge >= 0.3 is 0 Å². The van der Waals surface area contributed by atoms with Crippen LogP contribution in [0.5, 0.6) is 0 Å². The highest BCUT2D eigenvalue weighted by Gasteiger charge is 2.48. The van der Waals surface area contributed by atoms with Gasteiger partial charge in [0.25, 0.3) is 0 Å². The van der Waals surface area contributed by atoms with Gasteiger partial charge in [-0.2, -0.15) is 0 Å². The number of hydrogen-bond donors (Lipinski definition) is 0. The number of allylic oxidation sites excluding steroid dienone is 1. The van der Waals surface area contributed by atoms with E-state index in [0.29, 0.717) is 38.8 Å². The lowest BCUT2D eigenvalue weighted by Gasteiger charge is -2.46. The van der Waals surface area contributed by atoms with Crippen molar-refractivity contribution < 1.29 is 42.6 Å². The Morgan fingerprint density at radius 1 is 0.603 bits per heavy atom. The van der Waals surface area contributed by atoms with Crippen molar-refractivity contribution in [1.82, 2.24) is 0 Å². The first-order valence-electron chi connectivity index (χ1n) is 19.9. The average molecular weight is 783 g/mol. The zero-order chi connectivity index (χ0) is 39.4. The number of fused-ring (bicyclic) bond motifs is 1. The molecule has 5 aromatic carbocycles. The van der Waals surface area contributed by atoms with Crippen LogP contribution in [0.2, 0.25) is 0 Å². The van der Waals surface area contributed by atoms with E-state index in [-0.39, 0.29) is 6.61 Å². The number of benzene rings is 5. The lowest BCUT2D eigenvalue weighted by Crippen LogP contribution is -2.56. The zero-order valence-electron chi connectivity index (χ0n) is 32.6. The highest BCUT2D eigenvalue weighted by atomic mass is 16.8. The van der Waals surface area contributed by atoms with Crippen LogP contribution >= 0.6 is 0 Å². The lowest BCUT2D eigenvalue weighted by atomic mass is 9.92. The van der Waals surface area contributed by atoms with Crippen molar-refractivity contribution in [2.75, 3.05) is 20.3 Å². The van der Waals surface area contributed by atoms with Gasteiger partial charge in [0.05, 0.1) is 39.6 Å². The van der Waals surface area contributed by atoms with E-state index < -0.39 is 49.2 Å². The molecule has 9 heteroatoms. The molecular formula is C49H50O9. The minimum atomic E-state index is -0.738. The van der Waals surface area contributed by atoms with E-state index in [2.05, 4.69) is 24.3 Å². The summed E-state index contributed by atoms with van der Waals surface area (Å²) in [7, 11) is 1.62. The molecule has 8 atom stereocenters. The van der Waals surface area contributed by atoms with Crippen LogP contribution in [-0.2, 0) is 69.1 Å². The lowest BCUT2D eigenvalue weighted by molar-refractivity contribution is -0.319. The summed E-state index contributed by atoms with van der Waals surface area (Å²) in [5, 5.41) is 0. The average Bonchev–Trinajstić information content (AvgIpc) is 3.29. The van der Waals surface area contributed by atoms with Gasteiger partial charge < -0.3 is 42.6 Å². The second-order valence-corrected chi connectivity index (χ2v) is 14.5. The Hall–Kier alpha value is -4.94. The van der Waals surface area contributed by atoms with Crippen molar-refractivity contribution in [1.29, 1.82) is 0 Å². The molecule has 5 aromatic rings. The Balaban J connectivity index is 1.15. The van der Waals surface area contributed by atoms with Crippen LogP contribution in [0, 0.1) is 0 Å². The monoisotopic (exact) mass is 782 g/mol.